The minimum Gasteiger partial charge on any atom is -0.492 e. The third-order valence-corrected chi connectivity index (χ3v) is 4.42. The van der Waals surface area contributed by atoms with E-state index in [0.717, 1.165) is 11.3 Å². The van der Waals surface area contributed by atoms with Crippen LogP contribution >= 0.6 is 11.6 Å². The van der Waals surface area contributed by atoms with Crippen LogP contribution in [0.15, 0.2) is 42.5 Å². The summed E-state index contributed by atoms with van der Waals surface area (Å²) in [6.45, 7) is 6.10. The molecule has 1 heterocycles. The van der Waals surface area contributed by atoms with Crippen molar-refractivity contribution in [3.8, 4) is 11.4 Å². The summed E-state index contributed by atoms with van der Waals surface area (Å²) in [4.78, 5) is 12.7. The zero-order valence-corrected chi connectivity index (χ0v) is 15.5. The molecule has 0 spiro atoms. The lowest BCUT2D eigenvalue weighted by Crippen LogP contribution is -2.15. The highest BCUT2D eigenvalue weighted by atomic mass is 35.5. The van der Waals surface area contributed by atoms with E-state index in [1.807, 2.05) is 44.2 Å². The molecule has 0 fully saturated rings. The van der Waals surface area contributed by atoms with Crippen LogP contribution in [0.3, 0.4) is 0 Å². The Labute approximate surface area is 156 Å². The fourth-order valence-electron chi connectivity index (χ4n) is 2.63. The van der Waals surface area contributed by atoms with Crippen LogP contribution in [0.1, 0.15) is 28.7 Å². The number of halogens is 1. The lowest BCUT2D eigenvalue weighted by atomic mass is 10.2. The van der Waals surface area contributed by atoms with Gasteiger partial charge >= 0.3 is 0 Å². The zero-order chi connectivity index (χ0) is 18.7. The summed E-state index contributed by atoms with van der Waals surface area (Å²) < 4.78 is 7.15. The van der Waals surface area contributed by atoms with Crippen molar-refractivity contribution in [2.45, 2.75) is 20.8 Å². The number of para-hydroxylation sites is 2. The lowest BCUT2D eigenvalue weighted by Gasteiger charge is -2.11. The molecule has 3 aromatic rings. The lowest BCUT2D eigenvalue weighted by molar-refractivity contribution is 0.102. The SMILES string of the molecule is CCOc1ccccc1NC(=O)c1nnn(-c2cccc(Cl)c2C)c1C. The molecule has 6 nitrogen and oxygen atoms in total. The highest BCUT2D eigenvalue weighted by Crippen LogP contribution is 2.26. The number of nitrogens with zero attached hydrogens (tertiary/aromatic N) is 3. The first-order chi connectivity index (χ1) is 12.5. The number of ether oxygens (including phenoxy) is 1. The molecule has 1 aromatic heterocycles. The number of carbonyl (C=O) groups is 1. The van der Waals surface area contributed by atoms with E-state index in [0.29, 0.717) is 28.8 Å². The van der Waals surface area contributed by atoms with Crippen LogP contribution in [0, 0.1) is 13.8 Å². The molecular formula is C19H19ClN4O2. The first-order valence-corrected chi connectivity index (χ1v) is 8.61. The molecule has 3 rings (SSSR count). The summed E-state index contributed by atoms with van der Waals surface area (Å²) in [7, 11) is 0. The molecule has 0 unspecified atom stereocenters. The van der Waals surface area contributed by atoms with E-state index in [1.165, 1.54) is 0 Å². The van der Waals surface area contributed by atoms with E-state index in [4.69, 9.17) is 16.3 Å². The van der Waals surface area contributed by atoms with Crippen LogP contribution in [0.4, 0.5) is 5.69 Å². The van der Waals surface area contributed by atoms with Gasteiger partial charge in [0.1, 0.15) is 5.75 Å². The molecule has 0 saturated heterocycles. The largest absolute Gasteiger partial charge is 0.492 e. The second kappa shape index (κ2) is 7.58. The van der Waals surface area contributed by atoms with Gasteiger partial charge in [-0.25, -0.2) is 4.68 Å². The third-order valence-electron chi connectivity index (χ3n) is 4.01. The van der Waals surface area contributed by atoms with Gasteiger partial charge in [0, 0.05) is 5.02 Å². The molecule has 0 saturated carbocycles. The minimum atomic E-state index is -0.347. The van der Waals surface area contributed by atoms with E-state index >= 15 is 0 Å². The molecule has 0 radical (unpaired) electrons. The summed E-state index contributed by atoms with van der Waals surface area (Å²) in [6, 6.07) is 12.8. The minimum absolute atomic E-state index is 0.246. The van der Waals surface area contributed by atoms with Crippen molar-refractivity contribution < 1.29 is 9.53 Å². The first-order valence-electron chi connectivity index (χ1n) is 8.24. The van der Waals surface area contributed by atoms with Gasteiger partial charge < -0.3 is 10.1 Å². The molecule has 0 aliphatic rings. The molecule has 2 aromatic carbocycles. The summed E-state index contributed by atoms with van der Waals surface area (Å²) in [5.41, 5.74) is 3.12. The van der Waals surface area contributed by atoms with Gasteiger partial charge in [-0.2, -0.15) is 0 Å². The van der Waals surface area contributed by atoms with E-state index in [1.54, 1.807) is 23.7 Å². The Morgan fingerprint density at radius 2 is 1.96 bits per heavy atom. The average molecular weight is 371 g/mol. The number of benzene rings is 2. The van der Waals surface area contributed by atoms with Crippen LogP contribution in [-0.2, 0) is 0 Å². The molecule has 0 atom stereocenters. The molecule has 1 N–H and O–H groups in total. The molecule has 7 heteroatoms. The molecule has 1 amide bonds. The van der Waals surface area contributed by atoms with E-state index in [9.17, 15) is 4.79 Å². The normalized spacial score (nSPS) is 10.6. The van der Waals surface area contributed by atoms with Crippen molar-refractivity contribution in [2.24, 2.45) is 0 Å². The number of aromatic nitrogens is 3. The van der Waals surface area contributed by atoms with E-state index in [-0.39, 0.29) is 11.6 Å². The summed E-state index contributed by atoms with van der Waals surface area (Å²) in [6.07, 6.45) is 0. The van der Waals surface area contributed by atoms with Gasteiger partial charge in [0.25, 0.3) is 5.91 Å². The average Bonchev–Trinajstić information content (AvgIpc) is 3.01. The Morgan fingerprint density at radius 1 is 1.19 bits per heavy atom. The maximum absolute atomic E-state index is 12.7. The predicted octanol–water partition coefficient (Wildman–Crippen LogP) is 4.19. The van der Waals surface area contributed by atoms with Gasteiger partial charge in [0.2, 0.25) is 0 Å². The second-order valence-electron chi connectivity index (χ2n) is 5.70. The summed E-state index contributed by atoms with van der Waals surface area (Å²) in [5.74, 6) is 0.264. The van der Waals surface area contributed by atoms with Gasteiger partial charge in [0.15, 0.2) is 5.69 Å². The van der Waals surface area contributed by atoms with Crippen molar-refractivity contribution in [1.29, 1.82) is 0 Å². The predicted molar refractivity (Wildman–Crippen MR) is 101 cm³/mol. The topological polar surface area (TPSA) is 69.0 Å². The fraction of sp³-hybridized carbons (Fsp3) is 0.211. The van der Waals surface area contributed by atoms with Gasteiger partial charge in [0.05, 0.1) is 23.7 Å². The second-order valence-corrected chi connectivity index (χ2v) is 6.11. The van der Waals surface area contributed by atoms with Gasteiger partial charge in [-0.05, 0) is 50.6 Å². The fourth-order valence-corrected chi connectivity index (χ4v) is 2.80. The number of nitrogens with one attached hydrogen (secondary N) is 1. The monoisotopic (exact) mass is 370 g/mol. The summed E-state index contributed by atoms with van der Waals surface area (Å²) in [5, 5.41) is 11.6. The Bertz CT molecular complexity index is 952. The maximum atomic E-state index is 12.7. The highest BCUT2D eigenvalue weighted by Gasteiger charge is 2.19. The maximum Gasteiger partial charge on any atom is 0.278 e. The van der Waals surface area contributed by atoms with Gasteiger partial charge in [-0.15, -0.1) is 5.10 Å². The molecular weight excluding hydrogens is 352 g/mol. The molecule has 0 bridgehead atoms. The van der Waals surface area contributed by atoms with Crippen molar-refractivity contribution in [3.05, 3.63) is 64.4 Å². The van der Waals surface area contributed by atoms with Crippen LogP contribution in [0.2, 0.25) is 5.02 Å². The molecule has 0 aliphatic carbocycles. The van der Waals surface area contributed by atoms with Gasteiger partial charge in [-0.1, -0.05) is 35.0 Å². The molecule has 26 heavy (non-hydrogen) atoms. The Balaban J connectivity index is 1.91. The van der Waals surface area contributed by atoms with Gasteiger partial charge in [-0.3, -0.25) is 4.79 Å². The zero-order valence-electron chi connectivity index (χ0n) is 14.8. The quantitative estimate of drug-likeness (QED) is 0.731. The van der Waals surface area contributed by atoms with Crippen LogP contribution < -0.4 is 10.1 Å². The highest BCUT2D eigenvalue weighted by molar-refractivity contribution is 6.31. The Kier molecular flexibility index (Phi) is 5.23. The van der Waals surface area contributed by atoms with Crippen molar-refractivity contribution in [1.82, 2.24) is 15.0 Å². The van der Waals surface area contributed by atoms with Crippen LogP contribution in [0.5, 0.6) is 5.75 Å². The van der Waals surface area contributed by atoms with Crippen molar-refractivity contribution in [3.63, 3.8) is 0 Å². The number of hydrogen-bond acceptors (Lipinski definition) is 4. The Morgan fingerprint density at radius 3 is 2.73 bits per heavy atom. The van der Waals surface area contributed by atoms with E-state index < -0.39 is 0 Å². The first kappa shape index (κ1) is 17.9. The van der Waals surface area contributed by atoms with Crippen LogP contribution in [0.25, 0.3) is 5.69 Å². The standard InChI is InChI=1S/C19H19ClN4O2/c1-4-26-17-11-6-5-9-15(17)21-19(25)18-13(3)24(23-22-18)16-10-7-8-14(20)12(16)2/h5-11H,4H2,1-3H3,(H,21,25). The third kappa shape index (κ3) is 3.41. The van der Waals surface area contributed by atoms with Crippen molar-refractivity contribution in [2.75, 3.05) is 11.9 Å². The number of hydrogen-bond donors (Lipinski definition) is 1. The van der Waals surface area contributed by atoms with Crippen molar-refractivity contribution >= 4 is 23.2 Å². The summed E-state index contributed by atoms with van der Waals surface area (Å²) >= 11 is 6.19. The number of carbonyl (C=O) groups excluding carboxylic acids is 1. The molecule has 0 aliphatic heterocycles. The number of anilines is 1. The number of rotatable bonds is 5. The molecule has 134 valence electrons. The number of amides is 1. The smallest absolute Gasteiger partial charge is 0.278 e. The van der Waals surface area contributed by atoms with E-state index in [2.05, 4.69) is 15.6 Å². The van der Waals surface area contributed by atoms with Crippen LogP contribution in [-0.4, -0.2) is 27.5 Å². The Hall–Kier alpha value is -2.86.